The van der Waals surface area contributed by atoms with Crippen LogP contribution in [0.2, 0.25) is 0 Å². The van der Waals surface area contributed by atoms with Crippen molar-refractivity contribution in [3.8, 4) is 0 Å². The molecule has 1 N–H and O–H groups in total. The third-order valence-electron chi connectivity index (χ3n) is 4.80. The summed E-state index contributed by atoms with van der Waals surface area (Å²) >= 11 is 2.61. The molecule has 0 bridgehead atoms. The van der Waals surface area contributed by atoms with Crippen LogP contribution < -0.4 is 4.90 Å². The van der Waals surface area contributed by atoms with Crippen molar-refractivity contribution in [1.82, 2.24) is 4.98 Å². The fourth-order valence-corrected chi connectivity index (χ4v) is 5.41. The number of Topliss-reactive ketones (excluding diaryl/α,β-unsaturated/α-hetero) is 1. The van der Waals surface area contributed by atoms with Crippen LogP contribution in [-0.4, -0.2) is 21.8 Å². The summed E-state index contributed by atoms with van der Waals surface area (Å²) in [6, 6.07) is 6.62. The Labute approximate surface area is 174 Å². The van der Waals surface area contributed by atoms with Crippen molar-refractivity contribution >= 4 is 40.1 Å². The molecule has 1 amide bonds. The molecule has 0 aliphatic carbocycles. The molecule has 5 nitrogen and oxygen atoms in total. The van der Waals surface area contributed by atoms with E-state index in [4.69, 9.17) is 0 Å². The summed E-state index contributed by atoms with van der Waals surface area (Å²) in [5, 5.41) is 13.3. The van der Waals surface area contributed by atoms with Crippen LogP contribution in [0.5, 0.6) is 0 Å². The monoisotopic (exact) mass is 428 g/mol. The zero-order valence-corrected chi connectivity index (χ0v) is 17.5. The van der Waals surface area contributed by atoms with Crippen molar-refractivity contribution in [3.05, 3.63) is 78.9 Å². The van der Waals surface area contributed by atoms with Gasteiger partial charge in [-0.3, -0.25) is 14.5 Å². The van der Waals surface area contributed by atoms with E-state index < -0.39 is 29.3 Å². The quantitative estimate of drug-likeness (QED) is 0.590. The summed E-state index contributed by atoms with van der Waals surface area (Å²) in [5.41, 5.74) is 1.71. The van der Waals surface area contributed by atoms with E-state index in [0.29, 0.717) is 10.6 Å². The zero-order chi connectivity index (χ0) is 20.9. The van der Waals surface area contributed by atoms with E-state index in [2.05, 4.69) is 4.98 Å². The van der Waals surface area contributed by atoms with E-state index in [1.54, 1.807) is 19.9 Å². The predicted octanol–water partition coefficient (Wildman–Crippen LogP) is 5.05. The second kappa shape index (κ2) is 7.20. The summed E-state index contributed by atoms with van der Waals surface area (Å²) in [7, 11) is 0. The highest BCUT2D eigenvalue weighted by Gasteiger charge is 2.46. The molecule has 1 aliphatic heterocycles. The molecule has 4 rings (SSSR count). The van der Waals surface area contributed by atoms with Gasteiger partial charge in [-0.25, -0.2) is 9.37 Å². The van der Waals surface area contributed by atoms with Gasteiger partial charge in [0.2, 0.25) is 5.78 Å². The maximum Gasteiger partial charge on any atom is 0.294 e. The highest BCUT2D eigenvalue weighted by atomic mass is 32.1. The third kappa shape index (κ3) is 3.18. The summed E-state index contributed by atoms with van der Waals surface area (Å²) < 4.78 is 13.9. The maximum atomic E-state index is 13.9. The third-order valence-corrected chi connectivity index (χ3v) is 6.94. The Kier molecular flexibility index (Phi) is 4.84. The number of hydrogen-bond acceptors (Lipinski definition) is 6. The Hall–Kier alpha value is -2.84. The molecule has 1 aliphatic rings. The van der Waals surface area contributed by atoms with E-state index in [1.807, 2.05) is 18.4 Å². The molecule has 0 saturated heterocycles. The van der Waals surface area contributed by atoms with Crippen LogP contribution >= 0.6 is 22.7 Å². The Morgan fingerprint density at radius 2 is 2.00 bits per heavy atom. The second-order valence-corrected chi connectivity index (χ2v) is 8.92. The highest BCUT2D eigenvalue weighted by Crippen LogP contribution is 2.45. The number of rotatable bonds is 4. The molecule has 1 aromatic carbocycles. The minimum absolute atomic E-state index is 0.00318. The van der Waals surface area contributed by atoms with Crippen molar-refractivity contribution in [1.29, 1.82) is 0 Å². The van der Waals surface area contributed by atoms with Gasteiger partial charge in [-0.2, -0.15) is 0 Å². The van der Waals surface area contributed by atoms with Crippen molar-refractivity contribution in [3.63, 3.8) is 0 Å². The standard InChI is InChI=1S/C21H17FN2O3S2/c1-10-7-8-28-19(10)16-15(17(25)20-11(2)23-12(3)29-20)18(26)21(27)24(16)14-6-4-5-13(22)9-14/h4-9,16,26H,1-3H3. The Bertz CT molecular complexity index is 1180. The molecule has 0 saturated carbocycles. The number of ketones is 1. The lowest BCUT2D eigenvalue weighted by Gasteiger charge is -2.26. The number of thiazole rings is 1. The van der Waals surface area contributed by atoms with E-state index >= 15 is 0 Å². The summed E-state index contributed by atoms with van der Waals surface area (Å²) in [6.45, 7) is 5.39. The number of carbonyl (C=O) groups is 2. The Morgan fingerprint density at radius 1 is 1.24 bits per heavy atom. The van der Waals surface area contributed by atoms with Crippen molar-refractivity contribution < 1.29 is 19.1 Å². The lowest BCUT2D eigenvalue weighted by molar-refractivity contribution is -0.117. The normalized spacial score (nSPS) is 16.8. The van der Waals surface area contributed by atoms with Crippen LogP contribution in [0.15, 0.2) is 47.0 Å². The molecule has 8 heteroatoms. The first-order valence-corrected chi connectivity index (χ1v) is 10.5. The smallest absolute Gasteiger partial charge is 0.294 e. The fraction of sp³-hybridized carbons (Fsp3) is 0.190. The first kappa shape index (κ1) is 19.5. The molecule has 0 spiro atoms. The van der Waals surface area contributed by atoms with Gasteiger partial charge in [-0.15, -0.1) is 22.7 Å². The molecule has 2 aromatic heterocycles. The van der Waals surface area contributed by atoms with Gasteiger partial charge in [0.1, 0.15) is 11.9 Å². The number of carbonyl (C=O) groups excluding carboxylic acids is 2. The molecular weight excluding hydrogens is 411 g/mol. The summed E-state index contributed by atoms with van der Waals surface area (Å²) in [5.74, 6) is -2.28. The first-order valence-electron chi connectivity index (χ1n) is 8.84. The number of thiophene rings is 1. The van der Waals surface area contributed by atoms with E-state index in [1.165, 1.54) is 45.8 Å². The molecule has 1 atom stereocenters. The molecule has 3 heterocycles. The number of aliphatic hydroxyl groups is 1. The van der Waals surface area contributed by atoms with Crippen LogP contribution in [0.4, 0.5) is 10.1 Å². The maximum absolute atomic E-state index is 13.9. The molecular formula is C21H17FN2O3S2. The highest BCUT2D eigenvalue weighted by molar-refractivity contribution is 7.14. The van der Waals surface area contributed by atoms with Crippen molar-refractivity contribution in [2.24, 2.45) is 0 Å². The number of benzene rings is 1. The number of aliphatic hydroxyl groups excluding tert-OH is 1. The van der Waals surface area contributed by atoms with Gasteiger partial charge in [0.15, 0.2) is 5.76 Å². The number of aromatic nitrogens is 1. The molecule has 0 radical (unpaired) electrons. The second-order valence-electron chi connectivity index (χ2n) is 6.76. The van der Waals surface area contributed by atoms with Gasteiger partial charge in [-0.1, -0.05) is 6.07 Å². The van der Waals surface area contributed by atoms with Gasteiger partial charge in [-0.05, 0) is 56.0 Å². The van der Waals surface area contributed by atoms with Crippen LogP contribution in [0.1, 0.15) is 36.9 Å². The van der Waals surface area contributed by atoms with Crippen molar-refractivity contribution in [2.75, 3.05) is 4.90 Å². The molecule has 29 heavy (non-hydrogen) atoms. The van der Waals surface area contributed by atoms with Crippen LogP contribution in [0.3, 0.4) is 0 Å². The van der Waals surface area contributed by atoms with Crippen LogP contribution in [-0.2, 0) is 4.79 Å². The predicted molar refractivity (Wildman–Crippen MR) is 111 cm³/mol. The van der Waals surface area contributed by atoms with E-state index in [0.717, 1.165) is 15.4 Å². The lowest BCUT2D eigenvalue weighted by Crippen LogP contribution is -2.31. The summed E-state index contributed by atoms with van der Waals surface area (Å²) in [6.07, 6.45) is 0. The van der Waals surface area contributed by atoms with Crippen LogP contribution in [0.25, 0.3) is 0 Å². The number of amides is 1. The van der Waals surface area contributed by atoms with E-state index in [9.17, 15) is 19.1 Å². The minimum atomic E-state index is -0.835. The number of anilines is 1. The van der Waals surface area contributed by atoms with Gasteiger partial charge in [0, 0.05) is 10.6 Å². The first-order chi connectivity index (χ1) is 13.8. The topological polar surface area (TPSA) is 70.5 Å². The number of halogens is 1. The average Bonchev–Trinajstić information content (AvgIpc) is 3.31. The zero-order valence-electron chi connectivity index (χ0n) is 15.9. The molecule has 1 unspecified atom stereocenters. The SMILES string of the molecule is Cc1nc(C)c(C(=O)C2=C(O)C(=O)N(c3cccc(F)c3)C2c2sccc2C)s1. The van der Waals surface area contributed by atoms with Gasteiger partial charge >= 0.3 is 0 Å². The van der Waals surface area contributed by atoms with Gasteiger partial charge in [0.25, 0.3) is 5.91 Å². The summed E-state index contributed by atoms with van der Waals surface area (Å²) in [4.78, 5) is 33.1. The Morgan fingerprint density at radius 3 is 2.59 bits per heavy atom. The number of hydrogen-bond donors (Lipinski definition) is 1. The molecule has 148 valence electrons. The molecule has 3 aromatic rings. The number of aryl methyl sites for hydroxylation is 3. The average molecular weight is 429 g/mol. The van der Waals surface area contributed by atoms with E-state index in [-0.39, 0.29) is 11.3 Å². The Balaban J connectivity index is 1.91. The fourth-order valence-electron chi connectivity index (χ4n) is 3.51. The lowest BCUT2D eigenvalue weighted by atomic mass is 9.98. The number of nitrogens with zero attached hydrogens (tertiary/aromatic N) is 2. The van der Waals surface area contributed by atoms with Crippen molar-refractivity contribution in [2.45, 2.75) is 26.8 Å². The van der Waals surface area contributed by atoms with Crippen LogP contribution in [0, 0.1) is 26.6 Å². The van der Waals surface area contributed by atoms with Gasteiger partial charge < -0.3 is 5.11 Å². The minimum Gasteiger partial charge on any atom is -0.503 e. The van der Waals surface area contributed by atoms with Gasteiger partial charge in [0.05, 0.1) is 21.2 Å². The molecule has 0 fully saturated rings. The largest absolute Gasteiger partial charge is 0.503 e.